The molecule has 0 spiro atoms. The van der Waals surface area contributed by atoms with Gasteiger partial charge < -0.3 is 9.73 Å². The first kappa shape index (κ1) is 14.5. The molecule has 0 aliphatic carbocycles. The summed E-state index contributed by atoms with van der Waals surface area (Å²) in [7, 11) is 0. The molecule has 1 aromatic carbocycles. The van der Waals surface area contributed by atoms with E-state index in [-0.39, 0.29) is 6.04 Å². The van der Waals surface area contributed by atoms with E-state index in [0.29, 0.717) is 5.02 Å². The van der Waals surface area contributed by atoms with Gasteiger partial charge in [0.15, 0.2) is 5.58 Å². The molecule has 0 saturated carbocycles. The van der Waals surface area contributed by atoms with Crippen molar-refractivity contribution >= 4 is 34.1 Å². The number of nitrogens with one attached hydrogen (secondary N) is 1. The highest BCUT2D eigenvalue weighted by Crippen LogP contribution is 2.34. The van der Waals surface area contributed by atoms with Gasteiger partial charge in [0.2, 0.25) is 0 Å². The molecule has 0 amide bonds. The van der Waals surface area contributed by atoms with Crippen LogP contribution in [-0.4, -0.2) is 16.1 Å². The van der Waals surface area contributed by atoms with Crippen molar-refractivity contribution in [1.29, 1.82) is 0 Å². The molecule has 0 fully saturated rings. The van der Waals surface area contributed by atoms with Gasteiger partial charge in [0.25, 0.3) is 0 Å². The lowest BCUT2D eigenvalue weighted by atomic mass is 10.1. The van der Waals surface area contributed by atoms with Crippen LogP contribution in [0.15, 0.2) is 28.7 Å². The van der Waals surface area contributed by atoms with Crippen molar-refractivity contribution in [3.8, 4) is 0 Å². The zero-order valence-electron chi connectivity index (χ0n) is 11.9. The second-order valence-electron chi connectivity index (χ2n) is 4.74. The van der Waals surface area contributed by atoms with Crippen molar-refractivity contribution < 1.29 is 4.42 Å². The summed E-state index contributed by atoms with van der Waals surface area (Å²) in [5.74, 6) is 0.848. The molecule has 21 heavy (non-hydrogen) atoms. The minimum Gasteiger partial charge on any atom is -0.457 e. The van der Waals surface area contributed by atoms with Gasteiger partial charge in [-0.05, 0) is 36.6 Å². The van der Waals surface area contributed by atoms with E-state index < -0.39 is 0 Å². The number of aryl methyl sites for hydroxylation is 1. The Bertz CT molecular complexity index is 752. The normalized spacial score (nSPS) is 12.9. The van der Waals surface area contributed by atoms with Gasteiger partial charge in [-0.15, -0.1) is 5.10 Å². The topological polar surface area (TPSA) is 51.0 Å². The molecule has 0 radical (unpaired) electrons. The third-order valence-electron chi connectivity index (χ3n) is 3.39. The largest absolute Gasteiger partial charge is 0.457 e. The lowest BCUT2D eigenvalue weighted by Crippen LogP contribution is -2.21. The molecular weight excluding hydrogens is 306 g/mol. The van der Waals surface area contributed by atoms with Crippen LogP contribution in [0.5, 0.6) is 0 Å². The Morgan fingerprint density at radius 1 is 1.38 bits per heavy atom. The minimum atomic E-state index is -0.0339. The summed E-state index contributed by atoms with van der Waals surface area (Å²) < 4.78 is 10.1. The molecule has 0 aliphatic rings. The van der Waals surface area contributed by atoms with Gasteiger partial charge in [-0.2, -0.15) is 0 Å². The zero-order chi connectivity index (χ0) is 14.8. The van der Waals surface area contributed by atoms with Crippen molar-refractivity contribution in [3.63, 3.8) is 0 Å². The number of fused-ring (bicyclic) bond motifs is 1. The number of aromatic nitrogens is 2. The summed E-state index contributed by atoms with van der Waals surface area (Å²) in [6.45, 7) is 4.98. The van der Waals surface area contributed by atoms with Crippen molar-refractivity contribution in [2.24, 2.45) is 0 Å². The lowest BCUT2D eigenvalue weighted by Gasteiger charge is -2.14. The average molecular weight is 322 g/mol. The molecule has 1 unspecified atom stereocenters. The number of nitrogens with zero attached hydrogens (tertiary/aromatic N) is 2. The molecule has 2 aromatic heterocycles. The van der Waals surface area contributed by atoms with Gasteiger partial charge >= 0.3 is 0 Å². The number of hydrogen-bond donors (Lipinski definition) is 1. The maximum absolute atomic E-state index is 6.20. The monoisotopic (exact) mass is 321 g/mol. The van der Waals surface area contributed by atoms with Crippen LogP contribution in [0.3, 0.4) is 0 Å². The van der Waals surface area contributed by atoms with Crippen LogP contribution in [0.2, 0.25) is 5.02 Å². The molecule has 1 N–H and O–H groups in total. The van der Waals surface area contributed by atoms with Crippen LogP contribution < -0.4 is 5.32 Å². The Morgan fingerprint density at radius 3 is 2.95 bits per heavy atom. The van der Waals surface area contributed by atoms with E-state index in [0.717, 1.165) is 40.3 Å². The zero-order valence-corrected chi connectivity index (χ0v) is 13.5. The number of benzene rings is 1. The highest BCUT2D eigenvalue weighted by atomic mass is 35.5. The number of hydrogen-bond acceptors (Lipinski definition) is 5. The third-order valence-corrected chi connectivity index (χ3v) is 4.52. The smallest absolute Gasteiger partial charge is 0.152 e. The summed E-state index contributed by atoms with van der Waals surface area (Å²) in [4.78, 5) is 1.11. The maximum atomic E-state index is 6.20. The predicted molar refractivity (Wildman–Crippen MR) is 86.0 cm³/mol. The Morgan fingerprint density at radius 2 is 2.24 bits per heavy atom. The quantitative estimate of drug-likeness (QED) is 0.765. The van der Waals surface area contributed by atoms with Crippen molar-refractivity contribution in [1.82, 2.24) is 14.9 Å². The molecule has 6 heteroatoms. The van der Waals surface area contributed by atoms with Gasteiger partial charge in [0.05, 0.1) is 15.6 Å². The Balaban J connectivity index is 2.09. The highest BCUT2D eigenvalue weighted by Gasteiger charge is 2.23. The van der Waals surface area contributed by atoms with E-state index in [2.05, 4.69) is 28.8 Å². The summed E-state index contributed by atoms with van der Waals surface area (Å²) in [6.07, 6.45) is 0.856. The fourth-order valence-electron chi connectivity index (χ4n) is 2.40. The maximum Gasteiger partial charge on any atom is 0.152 e. The van der Waals surface area contributed by atoms with Crippen molar-refractivity contribution in [2.75, 3.05) is 6.54 Å². The first-order valence-corrected chi connectivity index (χ1v) is 8.12. The second kappa shape index (κ2) is 6.13. The van der Waals surface area contributed by atoms with Crippen molar-refractivity contribution in [2.45, 2.75) is 26.3 Å². The molecule has 0 bridgehead atoms. The molecule has 4 nitrogen and oxygen atoms in total. The molecule has 0 aliphatic heterocycles. The van der Waals surface area contributed by atoms with Gasteiger partial charge in [-0.25, -0.2) is 0 Å². The van der Waals surface area contributed by atoms with Crippen LogP contribution in [-0.2, 0) is 6.42 Å². The van der Waals surface area contributed by atoms with E-state index in [1.165, 1.54) is 11.5 Å². The fraction of sp³-hybridized carbons (Fsp3) is 0.333. The Labute approximate surface area is 132 Å². The molecule has 110 valence electrons. The highest BCUT2D eigenvalue weighted by molar-refractivity contribution is 7.05. The minimum absolute atomic E-state index is 0.0339. The van der Waals surface area contributed by atoms with Crippen LogP contribution in [0.1, 0.15) is 36.2 Å². The Kier molecular flexibility index (Phi) is 4.24. The molecule has 0 saturated heterocycles. The van der Waals surface area contributed by atoms with Gasteiger partial charge in [-0.3, -0.25) is 0 Å². The molecule has 3 rings (SSSR count). The average Bonchev–Trinajstić information content (AvgIpc) is 3.11. The van der Waals surface area contributed by atoms with Gasteiger partial charge in [0, 0.05) is 5.39 Å². The van der Waals surface area contributed by atoms with Crippen LogP contribution in [0.25, 0.3) is 11.0 Å². The van der Waals surface area contributed by atoms with E-state index >= 15 is 0 Å². The van der Waals surface area contributed by atoms with Crippen LogP contribution >= 0.6 is 23.1 Å². The SMILES string of the molecule is CCNC(c1cc2cccc(Cl)c2o1)c1snnc1CC. The molecule has 1 atom stereocenters. The standard InChI is InChI=1S/C15H16ClN3OS/c1-3-11-15(21-19-18-11)13(17-4-2)12-8-9-6-5-7-10(16)14(9)20-12/h5-8,13,17H,3-4H2,1-2H3. The lowest BCUT2D eigenvalue weighted by molar-refractivity contribution is 0.479. The molecule has 2 heterocycles. The van der Waals surface area contributed by atoms with Gasteiger partial charge in [0.1, 0.15) is 11.8 Å². The number of halogens is 1. The first-order valence-electron chi connectivity index (χ1n) is 6.97. The van der Waals surface area contributed by atoms with Crippen molar-refractivity contribution in [3.05, 3.63) is 45.6 Å². The van der Waals surface area contributed by atoms with E-state index in [9.17, 15) is 0 Å². The summed E-state index contributed by atoms with van der Waals surface area (Å²) >= 11 is 7.61. The Hall–Kier alpha value is -1.43. The van der Waals surface area contributed by atoms with Gasteiger partial charge in [-0.1, -0.05) is 42.1 Å². The van der Waals surface area contributed by atoms with Crippen LogP contribution in [0, 0.1) is 0 Å². The van der Waals surface area contributed by atoms with E-state index in [1.54, 1.807) is 0 Å². The second-order valence-corrected chi connectivity index (χ2v) is 5.93. The predicted octanol–water partition coefficient (Wildman–Crippen LogP) is 4.20. The number of furan rings is 1. The van der Waals surface area contributed by atoms with E-state index in [1.807, 2.05) is 24.3 Å². The fourth-order valence-corrected chi connectivity index (χ4v) is 3.44. The molecular formula is C15H16ClN3OS. The van der Waals surface area contributed by atoms with E-state index in [4.69, 9.17) is 16.0 Å². The summed E-state index contributed by atoms with van der Waals surface area (Å²) in [5.41, 5.74) is 1.74. The first-order chi connectivity index (χ1) is 10.2. The summed E-state index contributed by atoms with van der Waals surface area (Å²) in [6, 6.07) is 7.77. The number of para-hydroxylation sites is 1. The van der Waals surface area contributed by atoms with Crippen LogP contribution in [0.4, 0.5) is 0 Å². The molecule has 3 aromatic rings. The number of rotatable bonds is 5. The third kappa shape index (κ3) is 2.69. The summed E-state index contributed by atoms with van der Waals surface area (Å²) in [5, 5.41) is 9.29.